The molecular formula is C13H7F3N2O4. The number of nitrogens with zero attached hydrogens (tertiary/aromatic N) is 2. The van der Waals surface area contributed by atoms with Crippen molar-refractivity contribution in [1.29, 1.82) is 0 Å². The number of aromatic nitrogens is 2. The monoisotopic (exact) mass is 312 g/mol. The fourth-order valence-corrected chi connectivity index (χ4v) is 1.91. The molecule has 0 aliphatic rings. The number of rotatable bonds is 3. The molecule has 2 aromatic rings. The number of carboxylic acids is 2. The molecule has 0 bridgehead atoms. The Hall–Kier alpha value is -2.97. The largest absolute Gasteiger partial charge is 0.478 e. The number of hydrogen-bond donors (Lipinski definition) is 2. The van der Waals surface area contributed by atoms with Crippen molar-refractivity contribution in [2.45, 2.75) is 6.18 Å². The van der Waals surface area contributed by atoms with Gasteiger partial charge in [0, 0.05) is 24.2 Å². The highest BCUT2D eigenvalue weighted by atomic mass is 19.4. The van der Waals surface area contributed by atoms with Crippen molar-refractivity contribution in [2.24, 2.45) is 0 Å². The van der Waals surface area contributed by atoms with Gasteiger partial charge in [0.1, 0.15) is 0 Å². The lowest BCUT2D eigenvalue weighted by Gasteiger charge is -2.15. The van der Waals surface area contributed by atoms with E-state index in [-0.39, 0.29) is 5.56 Å². The summed E-state index contributed by atoms with van der Waals surface area (Å²) in [6.45, 7) is 0. The second kappa shape index (κ2) is 5.43. The van der Waals surface area contributed by atoms with Crippen LogP contribution in [0.5, 0.6) is 0 Å². The van der Waals surface area contributed by atoms with Crippen molar-refractivity contribution in [2.75, 3.05) is 0 Å². The summed E-state index contributed by atoms with van der Waals surface area (Å²) < 4.78 is 38.9. The second-order valence-electron chi connectivity index (χ2n) is 4.11. The second-order valence-corrected chi connectivity index (χ2v) is 4.11. The fourth-order valence-electron chi connectivity index (χ4n) is 1.91. The van der Waals surface area contributed by atoms with E-state index in [0.717, 1.165) is 0 Å². The minimum atomic E-state index is -5.04. The maximum Gasteiger partial charge on any atom is 0.434 e. The summed E-state index contributed by atoms with van der Waals surface area (Å²) in [6, 6.07) is 2.43. The molecule has 0 saturated carbocycles. The molecule has 9 heteroatoms. The third-order valence-corrected chi connectivity index (χ3v) is 2.76. The van der Waals surface area contributed by atoms with Crippen molar-refractivity contribution >= 4 is 11.9 Å². The Morgan fingerprint density at radius 2 is 1.64 bits per heavy atom. The van der Waals surface area contributed by atoms with Gasteiger partial charge >= 0.3 is 18.1 Å². The van der Waals surface area contributed by atoms with Crippen molar-refractivity contribution in [3.05, 3.63) is 47.5 Å². The number of halogens is 3. The van der Waals surface area contributed by atoms with Crippen molar-refractivity contribution in [3.8, 4) is 11.1 Å². The molecule has 2 aromatic heterocycles. The van der Waals surface area contributed by atoms with E-state index < -0.39 is 40.5 Å². The molecule has 2 N–H and O–H groups in total. The molecule has 0 aliphatic heterocycles. The van der Waals surface area contributed by atoms with E-state index in [1.165, 1.54) is 24.5 Å². The number of carboxylic acid groups (broad SMARTS) is 2. The van der Waals surface area contributed by atoms with Crippen LogP contribution >= 0.6 is 0 Å². The van der Waals surface area contributed by atoms with Crippen LogP contribution in [0.25, 0.3) is 11.1 Å². The lowest BCUT2D eigenvalue weighted by molar-refractivity contribution is -0.141. The van der Waals surface area contributed by atoms with Gasteiger partial charge in [0.05, 0.1) is 11.1 Å². The van der Waals surface area contributed by atoms with E-state index in [1.807, 2.05) is 0 Å². The predicted octanol–water partition coefficient (Wildman–Crippen LogP) is 2.56. The zero-order valence-electron chi connectivity index (χ0n) is 10.6. The third kappa shape index (κ3) is 2.73. The average Bonchev–Trinajstić information content (AvgIpc) is 2.45. The quantitative estimate of drug-likeness (QED) is 0.903. The van der Waals surface area contributed by atoms with Gasteiger partial charge in [0.15, 0.2) is 5.69 Å². The molecule has 0 spiro atoms. The molecule has 2 heterocycles. The van der Waals surface area contributed by atoms with Gasteiger partial charge in [-0.2, -0.15) is 13.2 Å². The van der Waals surface area contributed by atoms with E-state index in [1.54, 1.807) is 0 Å². The molecule has 0 aliphatic carbocycles. The molecule has 2 rings (SSSR count). The molecule has 0 saturated heterocycles. The van der Waals surface area contributed by atoms with Crippen molar-refractivity contribution < 1.29 is 33.0 Å². The van der Waals surface area contributed by atoms with Crippen molar-refractivity contribution in [3.63, 3.8) is 0 Å². The Morgan fingerprint density at radius 1 is 1.05 bits per heavy atom. The summed E-state index contributed by atoms with van der Waals surface area (Å²) in [5, 5.41) is 18.2. The first-order valence-electron chi connectivity index (χ1n) is 5.70. The summed E-state index contributed by atoms with van der Waals surface area (Å²) in [5.74, 6) is -3.51. The molecule has 114 valence electrons. The van der Waals surface area contributed by atoms with Crippen molar-refractivity contribution in [1.82, 2.24) is 9.97 Å². The highest BCUT2D eigenvalue weighted by molar-refractivity contribution is 6.05. The lowest BCUT2D eigenvalue weighted by atomic mass is 9.94. The standard InChI is InChI=1S/C13H7F3N2O4/c14-13(15,16)10-9(12(21)22)8(6-1-3-17-4-2-6)7(5-18-10)11(19)20/h1-5H,(H,19,20)(H,21,22). The van der Waals surface area contributed by atoms with E-state index in [0.29, 0.717) is 6.20 Å². The van der Waals surface area contributed by atoms with Crippen LogP contribution in [-0.2, 0) is 6.18 Å². The van der Waals surface area contributed by atoms with Crippen LogP contribution in [0, 0.1) is 0 Å². The molecule has 0 aromatic carbocycles. The predicted molar refractivity (Wildman–Crippen MR) is 66.4 cm³/mol. The van der Waals surface area contributed by atoms with Crippen LogP contribution in [0.15, 0.2) is 30.7 Å². The summed E-state index contributed by atoms with van der Waals surface area (Å²) in [5.41, 5.74) is -4.09. The van der Waals surface area contributed by atoms with Gasteiger partial charge in [0.2, 0.25) is 0 Å². The number of pyridine rings is 2. The summed E-state index contributed by atoms with van der Waals surface area (Å²) >= 11 is 0. The summed E-state index contributed by atoms with van der Waals surface area (Å²) in [6.07, 6.45) is -2.12. The van der Waals surface area contributed by atoms with Gasteiger partial charge < -0.3 is 10.2 Å². The number of alkyl halides is 3. The van der Waals surface area contributed by atoms with E-state index in [2.05, 4.69) is 9.97 Å². The first-order chi connectivity index (χ1) is 10.2. The molecule has 0 unspecified atom stereocenters. The Kier molecular flexibility index (Phi) is 3.81. The Labute approximate surface area is 120 Å². The normalized spacial score (nSPS) is 11.2. The first kappa shape index (κ1) is 15.4. The van der Waals surface area contributed by atoms with Crippen LogP contribution in [0.2, 0.25) is 0 Å². The van der Waals surface area contributed by atoms with Gasteiger partial charge in [-0.25, -0.2) is 14.6 Å². The van der Waals surface area contributed by atoms with Gasteiger partial charge in [-0.3, -0.25) is 4.98 Å². The van der Waals surface area contributed by atoms with Gasteiger partial charge in [-0.15, -0.1) is 0 Å². The highest BCUT2D eigenvalue weighted by Gasteiger charge is 2.40. The minimum Gasteiger partial charge on any atom is -0.478 e. The average molecular weight is 312 g/mol. The Morgan fingerprint density at radius 3 is 2.09 bits per heavy atom. The van der Waals surface area contributed by atoms with E-state index in [9.17, 15) is 22.8 Å². The van der Waals surface area contributed by atoms with E-state index >= 15 is 0 Å². The van der Waals surface area contributed by atoms with Crippen LogP contribution in [-0.4, -0.2) is 32.1 Å². The molecule has 0 fully saturated rings. The first-order valence-corrected chi connectivity index (χ1v) is 5.70. The lowest BCUT2D eigenvalue weighted by Crippen LogP contribution is -2.19. The topological polar surface area (TPSA) is 100 Å². The van der Waals surface area contributed by atoms with E-state index in [4.69, 9.17) is 10.2 Å². The smallest absolute Gasteiger partial charge is 0.434 e. The molecule has 22 heavy (non-hydrogen) atoms. The SMILES string of the molecule is O=C(O)c1cnc(C(F)(F)F)c(C(=O)O)c1-c1ccncc1. The molecular weight excluding hydrogens is 305 g/mol. The van der Waals surface area contributed by atoms with Crippen LogP contribution < -0.4 is 0 Å². The Bertz CT molecular complexity index is 745. The van der Waals surface area contributed by atoms with Crippen LogP contribution in [0.4, 0.5) is 13.2 Å². The molecule has 0 radical (unpaired) electrons. The number of aromatic carboxylic acids is 2. The molecule has 6 nitrogen and oxygen atoms in total. The minimum absolute atomic E-state index is 0.0160. The third-order valence-electron chi connectivity index (χ3n) is 2.76. The molecule has 0 amide bonds. The number of carbonyl (C=O) groups is 2. The fraction of sp³-hybridized carbons (Fsp3) is 0.0769. The zero-order chi connectivity index (χ0) is 16.5. The van der Waals surface area contributed by atoms with Gasteiger partial charge in [0.25, 0.3) is 0 Å². The van der Waals surface area contributed by atoms with Crippen LogP contribution in [0.1, 0.15) is 26.4 Å². The maximum absolute atomic E-state index is 13.0. The maximum atomic E-state index is 13.0. The summed E-state index contributed by atoms with van der Waals surface area (Å²) in [4.78, 5) is 29.1. The van der Waals surface area contributed by atoms with Crippen LogP contribution in [0.3, 0.4) is 0 Å². The summed E-state index contributed by atoms with van der Waals surface area (Å²) in [7, 11) is 0. The Balaban J connectivity index is 2.93. The highest BCUT2D eigenvalue weighted by Crippen LogP contribution is 2.37. The van der Waals surface area contributed by atoms with Gasteiger partial charge in [-0.1, -0.05) is 0 Å². The molecule has 0 atom stereocenters. The zero-order valence-corrected chi connectivity index (χ0v) is 10.6. The number of hydrogen-bond acceptors (Lipinski definition) is 4. The van der Waals surface area contributed by atoms with Gasteiger partial charge in [-0.05, 0) is 17.7 Å².